The summed E-state index contributed by atoms with van der Waals surface area (Å²) in [6.45, 7) is 3.47. The van der Waals surface area contributed by atoms with Crippen LogP contribution in [0.5, 0.6) is 0 Å². The Morgan fingerprint density at radius 3 is 1.95 bits per heavy atom. The van der Waals surface area contributed by atoms with E-state index in [9.17, 15) is 0 Å². The zero-order valence-electron chi connectivity index (χ0n) is 10.9. The Morgan fingerprint density at radius 2 is 1.53 bits per heavy atom. The van der Waals surface area contributed by atoms with Gasteiger partial charge in [0.05, 0.1) is 0 Å². The Morgan fingerprint density at radius 1 is 1.00 bits per heavy atom. The van der Waals surface area contributed by atoms with Crippen molar-refractivity contribution in [3.63, 3.8) is 0 Å². The normalized spacial score (nSPS) is 20.9. The molecule has 1 fully saturated rings. The molecule has 0 amide bonds. The monoisotopic (exact) mass is 357 g/mol. The summed E-state index contributed by atoms with van der Waals surface area (Å²) in [5, 5.41) is 4.24. The number of hydrogen-bond donors (Lipinski definition) is 0. The molecule has 1 aliphatic heterocycles. The van der Waals surface area contributed by atoms with Crippen LogP contribution < -0.4 is 7.42 Å². The van der Waals surface area contributed by atoms with Gasteiger partial charge in [0, 0.05) is 0 Å². The van der Waals surface area contributed by atoms with Crippen LogP contribution in [0.2, 0.25) is 0 Å². The first kappa shape index (κ1) is 13.8. The quantitative estimate of drug-likeness (QED) is 0.759. The molecule has 0 aromatic carbocycles. The summed E-state index contributed by atoms with van der Waals surface area (Å²) < 4.78 is 15.4. The number of rotatable bonds is 2. The van der Waals surface area contributed by atoms with Gasteiger partial charge in [0.1, 0.15) is 0 Å². The van der Waals surface area contributed by atoms with Gasteiger partial charge in [-0.25, -0.2) is 0 Å². The summed E-state index contributed by atoms with van der Waals surface area (Å²) in [7, 11) is 2.11. The summed E-state index contributed by atoms with van der Waals surface area (Å²) in [5.74, 6) is 0. The second-order valence-electron chi connectivity index (χ2n) is 4.57. The third kappa shape index (κ3) is 2.81. The number of likely N-dealkylation sites (N-methyl/N-ethyl adjacent to an activating group) is 1. The summed E-state index contributed by atoms with van der Waals surface area (Å²) >= 11 is 0.503. The number of hydrogen-bond acceptors (Lipinski definition) is 5. The third-order valence-electron chi connectivity index (χ3n) is 3.25. The van der Waals surface area contributed by atoms with Crippen LogP contribution >= 0.6 is 22.7 Å². The molecule has 2 aromatic rings. The van der Waals surface area contributed by atoms with E-state index in [1.807, 2.05) is 0 Å². The van der Waals surface area contributed by atoms with Crippen LogP contribution in [0, 0.1) is 0 Å². The summed E-state index contributed by atoms with van der Waals surface area (Å²) in [6.07, 6.45) is 0. The van der Waals surface area contributed by atoms with Crippen molar-refractivity contribution in [3.05, 3.63) is 35.0 Å². The molecule has 0 atom stereocenters. The molecule has 3 heterocycles. The van der Waals surface area contributed by atoms with Gasteiger partial charge in [-0.3, -0.25) is 0 Å². The SMILES string of the molecule is CN1CC[O][Ge]([c]2cccs2)([c]2cccs2)[O]CC1. The van der Waals surface area contributed by atoms with Gasteiger partial charge < -0.3 is 0 Å². The topological polar surface area (TPSA) is 21.7 Å². The molecule has 0 bridgehead atoms. The average Bonchev–Trinajstić information content (AvgIpc) is 3.06. The van der Waals surface area contributed by atoms with Gasteiger partial charge in [-0.1, -0.05) is 0 Å². The van der Waals surface area contributed by atoms with Crippen LogP contribution in [0.1, 0.15) is 0 Å². The van der Waals surface area contributed by atoms with E-state index in [1.54, 1.807) is 22.7 Å². The first-order valence-electron chi connectivity index (χ1n) is 6.36. The summed E-state index contributed by atoms with van der Waals surface area (Å²) in [5.41, 5.74) is 0. The molecule has 1 aliphatic rings. The Hall–Kier alpha value is -0.177. The standard InChI is InChI=1S/C13H17GeNO2S2/c1-15-6-8-16-14(17-9-7-15,12-4-2-10-18-12)13-5-3-11-19-13/h2-5,10-11H,6-9H2,1H3. The van der Waals surface area contributed by atoms with E-state index in [4.69, 9.17) is 7.53 Å². The molecule has 0 saturated carbocycles. The van der Waals surface area contributed by atoms with Gasteiger partial charge in [-0.2, -0.15) is 0 Å². The zero-order chi connectivity index (χ0) is 13.1. The van der Waals surface area contributed by atoms with Crippen LogP contribution in [0.25, 0.3) is 0 Å². The molecule has 0 spiro atoms. The fourth-order valence-electron chi connectivity index (χ4n) is 2.18. The molecule has 6 heteroatoms. The van der Waals surface area contributed by atoms with E-state index in [0.717, 1.165) is 26.3 Å². The predicted octanol–water partition coefficient (Wildman–Crippen LogP) is 1.34. The van der Waals surface area contributed by atoms with E-state index in [0.29, 0.717) is 0 Å². The minimum absolute atomic E-state index is 0.756. The molecule has 2 aromatic heterocycles. The Kier molecular flexibility index (Phi) is 4.41. The van der Waals surface area contributed by atoms with Crippen molar-refractivity contribution < 1.29 is 7.53 Å². The molecule has 0 aliphatic carbocycles. The van der Waals surface area contributed by atoms with E-state index in [-0.39, 0.29) is 0 Å². The van der Waals surface area contributed by atoms with Crippen molar-refractivity contribution in [2.75, 3.05) is 33.4 Å². The van der Waals surface area contributed by atoms with Crippen molar-refractivity contribution in [2.45, 2.75) is 0 Å². The van der Waals surface area contributed by atoms with Crippen LogP contribution in [-0.2, 0) is 7.53 Å². The van der Waals surface area contributed by atoms with Crippen molar-refractivity contribution in [3.8, 4) is 0 Å². The Balaban J connectivity index is 1.97. The van der Waals surface area contributed by atoms with Crippen LogP contribution in [0.3, 0.4) is 0 Å². The van der Waals surface area contributed by atoms with Crippen molar-refractivity contribution in [1.29, 1.82) is 0 Å². The van der Waals surface area contributed by atoms with Crippen molar-refractivity contribution in [2.24, 2.45) is 0 Å². The van der Waals surface area contributed by atoms with E-state index >= 15 is 0 Å². The fourth-order valence-corrected chi connectivity index (χ4v) is 13.7. The van der Waals surface area contributed by atoms with Crippen LogP contribution in [0.4, 0.5) is 0 Å². The molecule has 0 radical (unpaired) electrons. The van der Waals surface area contributed by atoms with Gasteiger partial charge in [0.2, 0.25) is 0 Å². The van der Waals surface area contributed by atoms with Crippen molar-refractivity contribution in [1.82, 2.24) is 4.90 Å². The van der Waals surface area contributed by atoms with Gasteiger partial charge in [0.15, 0.2) is 0 Å². The van der Waals surface area contributed by atoms with Crippen LogP contribution in [0.15, 0.2) is 35.0 Å². The zero-order valence-corrected chi connectivity index (χ0v) is 14.6. The maximum atomic E-state index is 6.37. The third-order valence-corrected chi connectivity index (χ3v) is 14.9. The van der Waals surface area contributed by atoms with Gasteiger partial charge in [0.25, 0.3) is 0 Å². The Bertz CT molecular complexity index is 454. The number of thiophene rings is 2. The molecule has 0 N–H and O–H groups in total. The average molecular weight is 356 g/mol. The first-order chi connectivity index (χ1) is 9.31. The Labute approximate surface area is 124 Å². The molecule has 19 heavy (non-hydrogen) atoms. The van der Waals surface area contributed by atoms with Crippen molar-refractivity contribution >= 4 is 44.0 Å². The minimum atomic E-state index is -3.04. The first-order valence-corrected chi connectivity index (χ1v) is 11.9. The maximum absolute atomic E-state index is 6.37. The molecular formula is C13H17GeNO2S2. The molecule has 102 valence electrons. The molecule has 3 nitrogen and oxygen atoms in total. The van der Waals surface area contributed by atoms with E-state index in [2.05, 4.69) is 47.0 Å². The second-order valence-corrected chi connectivity index (χ2v) is 14.0. The molecule has 3 rings (SSSR count). The van der Waals surface area contributed by atoms with Gasteiger partial charge in [-0.05, 0) is 0 Å². The van der Waals surface area contributed by atoms with E-state index in [1.165, 1.54) is 7.42 Å². The molecular weight excluding hydrogens is 339 g/mol. The predicted molar refractivity (Wildman–Crippen MR) is 83.1 cm³/mol. The number of nitrogens with zero attached hydrogens (tertiary/aromatic N) is 1. The molecule has 1 saturated heterocycles. The fraction of sp³-hybridized carbons (Fsp3) is 0.385. The molecule has 0 unspecified atom stereocenters. The van der Waals surface area contributed by atoms with Gasteiger partial charge in [-0.15, -0.1) is 0 Å². The van der Waals surface area contributed by atoms with E-state index < -0.39 is 13.9 Å². The summed E-state index contributed by atoms with van der Waals surface area (Å²) in [4.78, 5) is 2.26. The summed E-state index contributed by atoms with van der Waals surface area (Å²) in [6, 6.07) is 8.54. The van der Waals surface area contributed by atoms with Crippen LogP contribution in [-0.4, -0.2) is 52.2 Å². The van der Waals surface area contributed by atoms with Gasteiger partial charge >= 0.3 is 125 Å². The second kappa shape index (κ2) is 6.07.